The largest absolute Gasteiger partial charge is 0.314 e. The Hall–Kier alpha value is -0.670. The van der Waals surface area contributed by atoms with E-state index in [-0.39, 0.29) is 0 Å². The molecule has 3 unspecified atom stereocenters. The van der Waals surface area contributed by atoms with Crippen LogP contribution < -0.4 is 5.32 Å². The Morgan fingerprint density at radius 3 is 2.84 bits per heavy atom. The van der Waals surface area contributed by atoms with E-state index in [4.69, 9.17) is 0 Å². The van der Waals surface area contributed by atoms with Crippen molar-refractivity contribution in [2.24, 2.45) is 0 Å². The fourth-order valence-electron chi connectivity index (χ4n) is 2.76. The van der Waals surface area contributed by atoms with Crippen LogP contribution >= 0.6 is 0 Å². The molecule has 1 aliphatic carbocycles. The Bertz CT molecular complexity index is 433. The molecular formula is C16H25NOS. The lowest BCUT2D eigenvalue weighted by molar-refractivity contribution is 0.523. The van der Waals surface area contributed by atoms with Crippen molar-refractivity contribution >= 4 is 10.8 Å². The van der Waals surface area contributed by atoms with E-state index in [1.165, 1.54) is 24.0 Å². The molecule has 106 valence electrons. The summed E-state index contributed by atoms with van der Waals surface area (Å²) in [6.07, 6.45) is 4.55. The SMILES string of the molecule is CCCNC1CCC(S(=O)Cc2ccccc2C)C1. The minimum atomic E-state index is -0.723. The highest BCUT2D eigenvalue weighted by Gasteiger charge is 2.28. The maximum absolute atomic E-state index is 12.5. The summed E-state index contributed by atoms with van der Waals surface area (Å²) in [6, 6.07) is 8.88. The molecule has 0 amide bonds. The molecule has 2 rings (SSSR count). The summed E-state index contributed by atoms with van der Waals surface area (Å²) in [6.45, 7) is 5.38. The molecule has 19 heavy (non-hydrogen) atoms. The number of hydrogen-bond donors (Lipinski definition) is 1. The molecule has 1 aromatic rings. The van der Waals surface area contributed by atoms with Crippen LogP contribution in [0.15, 0.2) is 24.3 Å². The van der Waals surface area contributed by atoms with Crippen molar-refractivity contribution in [1.29, 1.82) is 0 Å². The topological polar surface area (TPSA) is 29.1 Å². The molecule has 1 saturated carbocycles. The van der Waals surface area contributed by atoms with Gasteiger partial charge in [0.25, 0.3) is 0 Å². The third kappa shape index (κ3) is 4.15. The first-order chi connectivity index (χ1) is 9.20. The van der Waals surface area contributed by atoms with Gasteiger partial charge < -0.3 is 5.32 Å². The lowest BCUT2D eigenvalue weighted by Crippen LogP contribution is -2.28. The lowest BCUT2D eigenvalue weighted by atomic mass is 10.1. The molecule has 0 heterocycles. The van der Waals surface area contributed by atoms with Gasteiger partial charge >= 0.3 is 0 Å². The molecule has 1 aliphatic rings. The second-order valence-corrected chi connectivity index (χ2v) is 7.25. The summed E-state index contributed by atoms with van der Waals surface area (Å²) in [7, 11) is -0.723. The monoisotopic (exact) mass is 279 g/mol. The van der Waals surface area contributed by atoms with Crippen LogP contribution in [0.4, 0.5) is 0 Å². The van der Waals surface area contributed by atoms with Crippen LogP contribution in [0.5, 0.6) is 0 Å². The van der Waals surface area contributed by atoms with Crippen LogP contribution in [-0.2, 0) is 16.6 Å². The van der Waals surface area contributed by atoms with Gasteiger partial charge in [0.15, 0.2) is 0 Å². The van der Waals surface area contributed by atoms with Crippen molar-refractivity contribution in [2.45, 2.75) is 56.6 Å². The standard InChI is InChI=1S/C16H25NOS/c1-3-10-17-15-8-9-16(11-15)19(18)12-14-7-5-4-6-13(14)2/h4-7,15-17H,3,8-12H2,1-2H3. The maximum Gasteiger partial charge on any atom is 0.0491 e. The zero-order chi connectivity index (χ0) is 13.7. The van der Waals surface area contributed by atoms with Gasteiger partial charge in [-0.25, -0.2) is 0 Å². The van der Waals surface area contributed by atoms with Crippen molar-refractivity contribution in [1.82, 2.24) is 5.32 Å². The molecule has 2 nitrogen and oxygen atoms in total. The number of aryl methyl sites for hydroxylation is 1. The van der Waals surface area contributed by atoms with Crippen molar-refractivity contribution in [3.63, 3.8) is 0 Å². The molecule has 3 atom stereocenters. The number of nitrogens with one attached hydrogen (secondary N) is 1. The third-order valence-electron chi connectivity index (χ3n) is 4.00. The molecule has 0 bridgehead atoms. The molecule has 0 saturated heterocycles. The Labute approximate surface area is 119 Å². The van der Waals surface area contributed by atoms with E-state index in [9.17, 15) is 4.21 Å². The van der Waals surface area contributed by atoms with Crippen molar-refractivity contribution < 1.29 is 4.21 Å². The first-order valence-electron chi connectivity index (χ1n) is 7.35. The molecule has 1 fully saturated rings. The van der Waals surface area contributed by atoms with Gasteiger partial charge in [0, 0.05) is 27.8 Å². The molecular weight excluding hydrogens is 254 g/mol. The molecule has 0 radical (unpaired) electrons. The normalized spacial score (nSPS) is 24.5. The summed E-state index contributed by atoms with van der Waals surface area (Å²) in [5.41, 5.74) is 2.50. The first kappa shape index (κ1) is 14.7. The minimum Gasteiger partial charge on any atom is -0.314 e. The first-order valence-corrected chi connectivity index (χ1v) is 8.74. The van der Waals surface area contributed by atoms with Crippen LogP contribution in [-0.4, -0.2) is 22.0 Å². The van der Waals surface area contributed by atoms with Crippen LogP contribution in [0.1, 0.15) is 43.7 Å². The molecule has 0 aromatic heterocycles. The fraction of sp³-hybridized carbons (Fsp3) is 0.625. The second kappa shape index (κ2) is 7.20. The quantitative estimate of drug-likeness (QED) is 0.866. The predicted octanol–water partition coefficient (Wildman–Crippen LogP) is 3.16. The van der Waals surface area contributed by atoms with E-state index in [0.29, 0.717) is 11.3 Å². The van der Waals surface area contributed by atoms with Gasteiger partial charge in [-0.2, -0.15) is 0 Å². The van der Waals surface area contributed by atoms with Gasteiger partial charge in [-0.3, -0.25) is 4.21 Å². The van der Waals surface area contributed by atoms with E-state index < -0.39 is 10.8 Å². The minimum absolute atomic E-state index is 0.383. The molecule has 1 aromatic carbocycles. The third-order valence-corrected chi connectivity index (χ3v) is 5.77. The van der Waals surface area contributed by atoms with Crippen molar-refractivity contribution in [3.05, 3.63) is 35.4 Å². The number of benzene rings is 1. The highest BCUT2D eigenvalue weighted by atomic mass is 32.2. The summed E-state index contributed by atoms with van der Waals surface area (Å²) < 4.78 is 12.5. The van der Waals surface area contributed by atoms with Crippen LogP contribution in [0.3, 0.4) is 0 Å². The number of hydrogen-bond acceptors (Lipinski definition) is 2. The highest BCUT2D eigenvalue weighted by molar-refractivity contribution is 7.84. The summed E-state index contributed by atoms with van der Waals surface area (Å²) in [4.78, 5) is 0. The Balaban J connectivity index is 1.86. The molecule has 0 spiro atoms. The average Bonchev–Trinajstić information content (AvgIpc) is 2.88. The molecule has 3 heteroatoms. The zero-order valence-electron chi connectivity index (χ0n) is 12.0. The van der Waals surface area contributed by atoms with Crippen LogP contribution in [0.25, 0.3) is 0 Å². The second-order valence-electron chi connectivity index (χ2n) is 5.54. The Morgan fingerprint density at radius 2 is 2.11 bits per heavy atom. The van der Waals surface area contributed by atoms with Crippen molar-refractivity contribution in [3.8, 4) is 0 Å². The van der Waals surface area contributed by atoms with Gasteiger partial charge in [-0.15, -0.1) is 0 Å². The van der Waals surface area contributed by atoms with E-state index in [0.717, 1.165) is 25.1 Å². The lowest BCUT2D eigenvalue weighted by Gasteiger charge is -2.13. The smallest absolute Gasteiger partial charge is 0.0491 e. The Kier molecular flexibility index (Phi) is 5.59. The molecule has 1 N–H and O–H groups in total. The summed E-state index contributed by atoms with van der Waals surface area (Å²) in [5.74, 6) is 0.720. The van der Waals surface area contributed by atoms with Gasteiger partial charge in [0.05, 0.1) is 0 Å². The van der Waals surface area contributed by atoms with Crippen LogP contribution in [0.2, 0.25) is 0 Å². The van der Waals surface area contributed by atoms with Crippen molar-refractivity contribution in [2.75, 3.05) is 6.54 Å². The van der Waals surface area contributed by atoms with Gasteiger partial charge in [0.1, 0.15) is 0 Å². The van der Waals surface area contributed by atoms with E-state index >= 15 is 0 Å². The van der Waals surface area contributed by atoms with Gasteiger partial charge in [0.2, 0.25) is 0 Å². The van der Waals surface area contributed by atoms with E-state index in [2.05, 4.69) is 31.3 Å². The van der Waals surface area contributed by atoms with E-state index in [1.807, 2.05) is 12.1 Å². The predicted molar refractivity (Wildman–Crippen MR) is 82.7 cm³/mol. The van der Waals surface area contributed by atoms with Gasteiger partial charge in [-0.05, 0) is 50.3 Å². The van der Waals surface area contributed by atoms with Gasteiger partial charge in [-0.1, -0.05) is 31.2 Å². The highest BCUT2D eigenvalue weighted by Crippen LogP contribution is 2.26. The van der Waals surface area contributed by atoms with E-state index in [1.54, 1.807) is 0 Å². The fourth-order valence-corrected chi connectivity index (χ4v) is 4.47. The summed E-state index contributed by atoms with van der Waals surface area (Å²) >= 11 is 0. The maximum atomic E-state index is 12.5. The number of rotatable bonds is 6. The molecule has 0 aliphatic heterocycles. The Morgan fingerprint density at radius 1 is 1.32 bits per heavy atom. The average molecular weight is 279 g/mol. The zero-order valence-corrected chi connectivity index (χ0v) is 12.8. The van der Waals surface area contributed by atoms with Crippen LogP contribution in [0, 0.1) is 6.92 Å². The summed E-state index contributed by atoms with van der Waals surface area (Å²) in [5, 5.41) is 3.94.